The van der Waals surface area contributed by atoms with Gasteiger partial charge in [0.1, 0.15) is 24.4 Å². The second-order valence-corrected chi connectivity index (χ2v) is 22.2. The number of amides is 1. The van der Waals surface area contributed by atoms with Gasteiger partial charge in [-0.15, -0.1) is 0 Å². The molecule has 1 heterocycles. The molecule has 1 amide bonds. The van der Waals surface area contributed by atoms with Gasteiger partial charge in [0.05, 0.1) is 25.4 Å². The molecule has 7 atom stereocenters. The quantitative estimate of drug-likeness (QED) is 0.0261. The molecule has 1 aliphatic rings. The smallest absolute Gasteiger partial charge is 0.220 e. The summed E-state index contributed by atoms with van der Waals surface area (Å²) >= 11 is 0. The number of hydrogen-bond acceptors (Lipinski definition) is 8. The van der Waals surface area contributed by atoms with Crippen LogP contribution in [0.4, 0.5) is 0 Å². The lowest BCUT2D eigenvalue weighted by molar-refractivity contribution is -0.302. The number of carbonyl (C=O) groups excluding carboxylic acids is 1. The monoisotopic (exact) mass is 1120 g/mol. The van der Waals surface area contributed by atoms with Crippen LogP contribution in [-0.2, 0) is 14.3 Å². The van der Waals surface area contributed by atoms with Gasteiger partial charge in [-0.3, -0.25) is 4.79 Å². The summed E-state index contributed by atoms with van der Waals surface area (Å²) < 4.78 is 11.3. The molecule has 1 saturated heterocycles. The van der Waals surface area contributed by atoms with E-state index in [0.717, 1.165) is 116 Å². The highest BCUT2D eigenvalue weighted by molar-refractivity contribution is 5.76. The Morgan fingerprint density at radius 1 is 0.438 bits per heavy atom. The van der Waals surface area contributed by atoms with Gasteiger partial charge in [0.2, 0.25) is 5.91 Å². The topological polar surface area (TPSA) is 149 Å². The van der Waals surface area contributed by atoms with Crippen molar-refractivity contribution in [3.05, 3.63) is 122 Å². The van der Waals surface area contributed by atoms with Gasteiger partial charge in [-0.1, -0.05) is 289 Å². The molecular weight excluding hydrogens is 995 g/mol. The molecule has 0 saturated carbocycles. The van der Waals surface area contributed by atoms with Crippen molar-refractivity contribution < 1.29 is 39.8 Å². The summed E-state index contributed by atoms with van der Waals surface area (Å²) in [6, 6.07) is -0.732. The summed E-state index contributed by atoms with van der Waals surface area (Å²) in [4.78, 5) is 13.1. The first-order valence-electron chi connectivity index (χ1n) is 32.7. The number of aliphatic hydroxyl groups is 5. The Morgan fingerprint density at radius 2 is 0.775 bits per heavy atom. The largest absolute Gasteiger partial charge is 0.394 e. The second-order valence-electron chi connectivity index (χ2n) is 22.2. The maximum absolute atomic E-state index is 13.1. The molecular formula is C71H121NO8. The minimum absolute atomic E-state index is 0.147. The predicted octanol–water partition coefficient (Wildman–Crippen LogP) is 17.5. The molecule has 7 unspecified atom stereocenters. The van der Waals surface area contributed by atoms with E-state index in [1.54, 1.807) is 0 Å². The van der Waals surface area contributed by atoms with Gasteiger partial charge in [-0.2, -0.15) is 0 Å². The van der Waals surface area contributed by atoms with Crippen LogP contribution in [-0.4, -0.2) is 87.5 Å². The normalized spacial score (nSPS) is 19.3. The fraction of sp³-hybridized carbons (Fsp3) is 0.704. The highest BCUT2D eigenvalue weighted by Crippen LogP contribution is 2.23. The van der Waals surface area contributed by atoms with Crippen LogP contribution in [0, 0.1) is 0 Å². The van der Waals surface area contributed by atoms with E-state index in [-0.39, 0.29) is 12.5 Å². The van der Waals surface area contributed by atoms with Gasteiger partial charge >= 0.3 is 0 Å². The van der Waals surface area contributed by atoms with E-state index in [4.69, 9.17) is 9.47 Å². The minimum Gasteiger partial charge on any atom is -0.394 e. The van der Waals surface area contributed by atoms with E-state index in [1.807, 2.05) is 0 Å². The van der Waals surface area contributed by atoms with Gasteiger partial charge < -0.3 is 40.3 Å². The number of allylic oxidation sites excluding steroid dienone is 20. The first-order chi connectivity index (χ1) is 39.3. The molecule has 6 N–H and O–H groups in total. The molecule has 0 radical (unpaired) electrons. The number of nitrogens with one attached hydrogen (secondary N) is 1. The van der Waals surface area contributed by atoms with Crippen molar-refractivity contribution in [2.24, 2.45) is 0 Å². The van der Waals surface area contributed by atoms with E-state index >= 15 is 0 Å². The Bertz CT molecular complexity index is 1670. The summed E-state index contributed by atoms with van der Waals surface area (Å²) in [5.74, 6) is -0.156. The summed E-state index contributed by atoms with van der Waals surface area (Å²) in [6.45, 7) is 3.73. The van der Waals surface area contributed by atoms with Crippen molar-refractivity contribution >= 4 is 5.91 Å². The Hall–Kier alpha value is -3.41. The highest BCUT2D eigenvalue weighted by Gasteiger charge is 2.44. The number of aliphatic hydroxyl groups excluding tert-OH is 5. The molecule has 9 nitrogen and oxygen atoms in total. The average Bonchev–Trinajstić information content (AvgIpc) is 3.46. The third-order valence-corrected chi connectivity index (χ3v) is 14.8. The SMILES string of the molecule is CC/C=C\C/C=C\C/C=C\C/C=C\C/C=C\C/C=C\C/C=C\C/C=C\C/C=C\C/C=C\CCCCCCCCCCC(=O)NC(COC1OC(CO)C(O)C(O)C1O)C(O)CCCCCCCCCCCCCCCCCCCC. The molecule has 458 valence electrons. The minimum atomic E-state index is -1.56. The van der Waals surface area contributed by atoms with Gasteiger partial charge in [0.15, 0.2) is 6.29 Å². The predicted molar refractivity (Wildman–Crippen MR) is 340 cm³/mol. The summed E-state index contributed by atoms with van der Waals surface area (Å²) in [6.07, 6.45) is 80.9. The van der Waals surface area contributed by atoms with E-state index < -0.39 is 49.5 Å². The molecule has 9 heteroatoms. The van der Waals surface area contributed by atoms with Crippen LogP contribution >= 0.6 is 0 Å². The standard InChI is InChI=1S/C71H121NO8/c1-3-5-7-9-11-13-15-17-19-21-23-24-25-26-27-28-29-30-31-32-33-34-35-36-37-38-39-40-41-42-43-45-47-49-51-53-55-57-59-61-67(75)72-64(63-79-71-70(78)69(77)68(76)66(62-73)80-71)65(74)60-58-56-54-52-50-48-46-44-22-20-18-16-14-12-10-8-6-4-2/h5,7,11,13,17,19,23-24,26-27,29-30,32-33,35-36,38-39,41-42,64-66,68-71,73-74,76-78H,3-4,6,8-10,12,14-16,18,20-22,25,28,31,34,37,40,43-63H2,1-2H3,(H,72,75)/b7-5-,13-11-,19-17-,24-23-,27-26-,30-29-,33-32-,36-35-,39-38-,42-41-. The van der Waals surface area contributed by atoms with Crippen molar-refractivity contribution in [3.8, 4) is 0 Å². The lowest BCUT2D eigenvalue weighted by atomic mass is 9.99. The molecule has 0 bridgehead atoms. The van der Waals surface area contributed by atoms with Crippen molar-refractivity contribution in [2.45, 2.75) is 307 Å². The van der Waals surface area contributed by atoms with Crippen molar-refractivity contribution in [3.63, 3.8) is 0 Å². The van der Waals surface area contributed by atoms with E-state index in [1.165, 1.54) is 122 Å². The lowest BCUT2D eigenvalue weighted by Gasteiger charge is -2.40. The molecule has 0 aromatic heterocycles. The molecule has 1 fully saturated rings. The Kier molecular flexibility index (Phi) is 54.8. The summed E-state index contributed by atoms with van der Waals surface area (Å²) in [7, 11) is 0. The molecule has 0 spiro atoms. The average molecular weight is 1120 g/mol. The maximum atomic E-state index is 13.1. The maximum Gasteiger partial charge on any atom is 0.220 e. The van der Waals surface area contributed by atoms with Gasteiger partial charge in [0.25, 0.3) is 0 Å². The zero-order valence-corrected chi connectivity index (χ0v) is 51.0. The van der Waals surface area contributed by atoms with Crippen LogP contribution < -0.4 is 5.32 Å². The zero-order chi connectivity index (χ0) is 57.9. The van der Waals surface area contributed by atoms with E-state index in [9.17, 15) is 30.3 Å². The summed E-state index contributed by atoms with van der Waals surface area (Å²) in [5, 5.41) is 54.8. The Balaban J connectivity index is 2.16. The van der Waals surface area contributed by atoms with Gasteiger partial charge in [-0.05, 0) is 89.9 Å². The van der Waals surface area contributed by atoms with E-state index in [0.29, 0.717) is 12.8 Å². The number of hydrogen-bond donors (Lipinski definition) is 6. The number of unbranched alkanes of at least 4 members (excludes halogenated alkanes) is 25. The molecule has 0 aromatic carbocycles. The molecule has 1 rings (SSSR count). The number of carbonyl (C=O) groups is 1. The summed E-state index contributed by atoms with van der Waals surface area (Å²) in [5.41, 5.74) is 0. The van der Waals surface area contributed by atoms with Crippen molar-refractivity contribution in [1.29, 1.82) is 0 Å². The van der Waals surface area contributed by atoms with Crippen LogP contribution in [0.25, 0.3) is 0 Å². The molecule has 80 heavy (non-hydrogen) atoms. The van der Waals surface area contributed by atoms with E-state index in [2.05, 4.69) is 141 Å². The second kappa shape index (κ2) is 58.8. The molecule has 0 aromatic rings. The van der Waals surface area contributed by atoms with Crippen LogP contribution in [0.1, 0.15) is 264 Å². The first-order valence-corrected chi connectivity index (χ1v) is 32.7. The Labute approximate surface area is 490 Å². The van der Waals surface area contributed by atoms with Crippen LogP contribution in [0.2, 0.25) is 0 Å². The number of ether oxygens (including phenoxy) is 2. The van der Waals surface area contributed by atoms with Crippen molar-refractivity contribution in [1.82, 2.24) is 5.32 Å². The number of rotatable bonds is 55. The lowest BCUT2D eigenvalue weighted by Crippen LogP contribution is -2.60. The first kappa shape index (κ1) is 74.6. The van der Waals surface area contributed by atoms with Crippen molar-refractivity contribution in [2.75, 3.05) is 13.2 Å². The van der Waals surface area contributed by atoms with Gasteiger partial charge in [-0.25, -0.2) is 0 Å². The van der Waals surface area contributed by atoms with Crippen LogP contribution in [0.15, 0.2) is 122 Å². The third-order valence-electron chi connectivity index (χ3n) is 14.8. The zero-order valence-electron chi connectivity index (χ0n) is 51.0. The van der Waals surface area contributed by atoms with Crippen LogP contribution in [0.5, 0.6) is 0 Å². The van der Waals surface area contributed by atoms with Crippen LogP contribution in [0.3, 0.4) is 0 Å². The van der Waals surface area contributed by atoms with Gasteiger partial charge in [0, 0.05) is 6.42 Å². The molecule has 0 aliphatic carbocycles. The highest BCUT2D eigenvalue weighted by atomic mass is 16.7. The fourth-order valence-electron chi connectivity index (χ4n) is 9.72. The third kappa shape index (κ3) is 47.1. The Morgan fingerprint density at radius 3 is 1.15 bits per heavy atom. The molecule has 1 aliphatic heterocycles. The fourth-order valence-corrected chi connectivity index (χ4v) is 9.72.